The molecule has 0 amide bonds. The van der Waals surface area contributed by atoms with Gasteiger partial charge in [0.1, 0.15) is 5.78 Å². The van der Waals surface area contributed by atoms with Crippen LogP contribution < -0.4 is 5.56 Å². The number of para-hydroxylation sites is 1. The normalized spacial score (nSPS) is 11.0. The summed E-state index contributed by atoms with van der Waals surface area (Å²) in [6.07, 6.45) is 1.32. The van der Waals surface area contributed by atoms with Crippen LogP contribution in [0.1, 0.15) is 30.9 Å². The van der Waals surface area contributed by atoms with Gasteiger partial charge in [-0.2, -0.15) is 0 Å². The summed E-state index contributed by atoms with van der Waals surface area (Å²) < 4.78 is 1.69. The van der Waals surface area contributed by atoms with Crippen molar-refractivity contribution < 1.29 is 4.79 Å². The summed E-state index contributed by atoms with van der Waals surface area (Å²) >= 11 is 1.52. The van der Waals surface area contributed by atoms with E-state index in [1.54, 1.807) is 11.5 Å². The Morgan fingerprint density at radius 1 is 1.12 bits per heavy atom. The first-order valence-corrected chi connectivity index (χ1v) is 9.67. The Kier molecular flexibility index (Phi) is 5.57. The zero-order chi connectivity index (χ0) is 18.7. The fourth-order valence-electron chi connectivity index (χ4n) is 2.79. The molecule has 4 nitrogen and oxygen atoms in total. The van der Waals surface area contributed by atoms with Crippen molar-refractivity contribution in [2.75, 3.05) is 5.75 Å². The molecule has 3 aromatic rings. The summed E-state index contributed by atoms with van der Waals surface area (Å²) in [5.74, 6) is 0.929. The van der Waals surface area contributed by atoms with Crippen LogP contribution in [0.5, 0.6) is 0 Å². The Morgan fingerprint density at radius 3 is 2.62 bits per heavy atom. The number of hydrogen-bond donors (Lipinski definition) is 0. The molecular weight excluding hydrogens is 344 g/mol. The zero-order valence-electron chi connectivity index (χ0n) is 15.3. The van der Waals surface area contributed by atoms with E-state index >= 15 is 0 Å². The second kappa shape index (κ2) is 7.87. The van der Waals surface area contributed by atoms with Crippen LogP contribution in [0.2, 0.25) is 0 Å². The molecule has 0 saturated carbocycles. The summed E-state index contributed by atoms with van der Waals surface area (Å²) in [6, 6.07) is 13.4. The molecular formula is C21H22N2O2S. The molecule has 0 saturated heterocycles. The highest BCUT2D eigenvalue weighted by molar-refractivity contribution is 7.99. The Morgan fingerprint density at radius 2 is 1.88 bits per heavy atom. The lowest BCUT2D eigenvalue weighted by Gasteiger charge is -2.14. The second-order valence-corrected chi connectivity index (χ2v) is 7.54. The number of Topliss-reactive ketones (excluding diaryl/α,β-unsaturated/α-hetero) is 1. The van der Waals surface area contributed by atoms with Gasteiger partial charge in [-0.1, -0.05) is 30.0 Å². The van der Waals surface area contributed by atoms with E-state index in [2.05, 4.69) is 6.92 Å². The summed E-state index contributed by atoms with van der Waals surface area (Å²) in [4.78, 5) is 29.0. The van der Waals surface area contributed by atoms with Crippen molar-refractivity contribution in [1.82, 2.24) is 9.55 Å². The van der Waals surface area contributed by atoms with Gasteiger partial charge in [0.15, 0.2) is 5.16 Å². The van der Waals surface area contributed by atoms with Crippen molar-refractivity contribution in [3.8, 4) is 5.69 Å². The third-order valence-electron chi connectivity index (χ3n) is 4.40. The molecule has 5 heteroatoms. The van der Waals surface area contributed by atoms with Gasteiger partial charge in [0.05, 0.1) is 16.6 Å². The first kappa shape index (κ1) is 18.4. The number of aryl methyl sites for hydroxylation is 2. The van der Waals surface area contributed by atoms with E-state index in [-0.39, 0.29) is 11.3 Å². The van der Waals surface area contributed by atoms with Crippen molar-refractivity contribution in [2.24, 2.45) is 0 Å². The highest BCUT2D eigenvalue weighted by atomic mass is 32.2. The molecule has 0 radical (unpaired) electrons. The van der Waals surface area contributed by atoms with Crippen molar-refractivity contribution in [1.29, 1.82) is 0 Å². The molecule has 1 heterocycles. The number of fused-ring (bicyclic) bond motifs is 1. The van der Waals surface area contributed by atoms with Crippen LogP contribution >= 0.6 is 11.8 Å². The molecule has 0 atom stereocenters. The monoisotopic (exact) mass is 366 g/mol. The molecule has 134 valence electrons. The van der Waals surface area contributed by atoms with Crippen LogP contribution in [0.3, 0.4) is 0 Å². The zero-order valence-corrected chi connectivity index (χ0v) is 16.1. The van der Waals surface area contributed by atoms with Crippen molar-refractivity contribution in [3.63, 3.8) is 0 Å². The number of nitrogens with zero attached hydrogens (tertiary/aromatic N) is 2. The van der Waals surface area contributed by atoms with Crippen LogP contribution in [-0.4, -0.2) is 21.1 Å². The Bertz CT molecular complexity index is 1020. The van der Waals surface area contributed by atoms with E-state index in [4.69, 9.17) is 4.98 Å². The lowest BCUT2D eigenvalue weighted by molar-refractivity contribution is -0.117. The van der Waals surface area contributed by atoms with E-state index in [0.29, 0.717) is 22.5 Å². The molecule has 0 fully saturated rings. The molecule has 0 aliphatic heterocycles. The van der Waals surface area contributed by atoms with Gasteiger partial charge < -0.3 is 4.79 Å². The number of hydrogen-bond acceptors (Lipinski definition) is 4. The second-order valence-electron chi connectivity index (χ2n) is 6.47. The number of ketones is 1. The lowest BCUT2D eigenvalue weighted by atomic mass is 10.1. The maximum atomic E-state index is 13.1. The van der Waals surface area contributed by atoms with Gasteiger partial charge in [0, 0.05) is 12.2 Å². The maximum Gasteiger partial charge on any atom is 0.266 e. The molecule has 0 aliphatic rings. The molecule has 0 unspecified atom stereocenters. The summed E-state index contributed by atoms with van der Waals surface area (Å²) in [6.45, 7) is 5.69. The molecule has 3 rings (SSSR count). The topological polar surface area (TPSA) is 52.0 Å². The van der Waals surface area contributed by atoms with Gasteiger partial charge >= 0.3 is 0 Å². The predicted molar refractivity (Wildman–Crippen MR) is 107 cm³/mol. The number of thioether (sulfide) groups is 1. The molecule has 2 aromatic carbocycles. The van der Waals surface area contributed by atoms with Crippen LogP contribution in [-0.2, 0) is 4.79 Å². The predicted octanol–water partition coefficient (Wildman–Crippen LogP) is 4.46. The smallest absolute Gasteiger partial charge is 0.266 e. The summed E-state index contributed by atoms with van der Waals surface area (Å²) in [7, 11) is 0. The quantitative estimate of drug-likeness (QED) is 0.367. The number of rotatable bonds is 6. The fraction of sp³-hybridized carbons (Fsp3) is 0.286. The van der Waals surface area contributed by atoms with E-state index in [1.807, 2.05) is 49.4 Å². The Balaban J connectivity index is 2.09. The maximum absolute atomic E-state index is 13.1. The number of carbonyl (C=O) groups is 1. The largest absolute Gasteiger partial charge is 0.300 e. The van der Waals surface area contributed by atoms with Crippen molar-refractivity contribution in [3.05, 3.63) is 63.9 Å². The minimum Gasteiger partial charge on any atom is -0.300 e. The highest BCUT2D eigenvalue weighted by Crippen LogP contribution is 2.23. The van der Waals surface area contributed by atoms with Crippen molar-refractivity contribution >= 4 is 28.4 Å². The number of aromatic nitrogens is 2. The van der Waals surface area contributed by atoms with Crippen LogP contribution in [0.25, 0.3) is 16.6 Å². The van der Waals surface area contributed by atoms with E-state index in [1.165, 1.54) is 17.3 Å². The standard InChI is InChI=1S/C21H22N2O2S/c1-14-10-11-17(13-15(14)2)23-20(25)18-8-4-5-9-19(18)22-21(23)26-12-6-7-16(3)24/h4-5,8-11,13H,6-7,12H2,1-3H3. The van der Waals surface area contributed by atoms with Crippen molar-refractivity contribution in [2.45, 2.75) is 38.8 Å². The van der Waals surface area contributed by atoms with Crippen LogP contribution in [0.4, 0.5) is 0 Å². The van der Waals surface area contributed by atoms with Gasteiger partial charge in [0.25, 0.3) is 5.56 Å². The lowest BCUT2D eigenvalue weighted by Crippen LogP contribution is -2.22. The van der Waals surface area contributed by atoms with Crippen LogP contribution in [0.15, 0.2) is 52.4 Å². The molecule has 26 heavy (non-hydrogen) atoms. The average molecular weight is 366 g/mol. The minimum absolute atomic E-state index is 0.0621. The third-order valence-corrected chi connectivity index (χ3v) is 5.42. The van der Waals surface area contributed by atoms with Gasteiger partial charge in [-0.3, -0.25) is 9.36 Å². The number of benzene rings is 2. The van der Waals surface area contributed by atoms with Gasteiger partial charge in [-0.25, -0.2) is 4.98 Å². The number of carbonyl (C=O) groups excluding carboxylic acids is 1. The highest BCUT2D eigenvalue weighted by Gasteiger charge is 2.13. The van der Waals surface area contributed by atoms with Crippen LogP contribution in [0, 0.1) is 13.8 Å². The minimum atomic E-state index is -0.0621. The van der Waals surface area contributed by atoms with Gasteiger partial charge in [-0.05, 0) is 62.6 Å². The Hall–Kier alpha value is -2.40. The molecule has 0 spiro atoms. The molecule has 1 aromatic heterocycles. The SMILES string of the molecule is CC(=O)CCCSc1nc2ccccc2c(=O)n1-c1ccc(C)c(C)c1. The van der Waals surface area contributed by atoms with E-state index in [9.17, 15) is 9.59 Å². The van der Waals surface area contributed by atoms with Gasteiger partial charge in [0.2, 0.25) is 0 Å². The van der Waals surface area contributed by atoms with E-state index < -0.39 is 0 Å². The van der Waals surface area contributed by atoms with Gasteiger partial charge in [-0.15, -0.1) is 0 Å². The third kappa shape index (κ3) is 3.88. The first-order chi connectivity index (χ1) is 12.5. The fourth-order valence-corrected chi connectivity index (χ4v) is 3.74. The van der Waals surface area contributed by atoms with E-state index in [0.717, 1.165) is 23.4 Å². The summed E-state index contributed by atoms with van der Waals surface area (Å²) in [5, 5.41) is 1.28. The average Bonchev–Trinajstić information content (AvgIpc) is 2.61. The first-order valence-electron chi connectivity index (χ1n) is 8.69. The Labute approximate surface area is 157 Å². The molecule has 0 bridgehead atoms. The molecule has 0 N–H and O–H groups in total. The summed E-state index contributed by atoms with van der Waals surface area (Å²) in [5.41, 5.74) is 3.78. The molecule has 0 aliphatic carbocycles.